The summed E-state index contributed by atoms with van der Waals surface area (Å²) in [6.07, 6.45) is 8.29. The standard InChI is InChI=1S/C18H24Br2O/c1-12(2)14-10-13(19)6-7-15(14)21-17-11-16(20)18(17)8-4-3-5-9-18/h6-7,10,12,16-17H,3-5,8-9,11H2,1-2H3. The molecule has 3 rings (SSSR count). The molecule has 1 spiro atoms. The van der Waals surface area contributed by atoms with Crippen LogP contribution in [0.15, 0.2) is 22.7 Å². The van der Waals surface area contributed by atoms with Gasteiger partial charge in [0.25, 0.3) is 0 Å². The molecule has 0 amide bonds. The van der Waals surface area contributed by atoms with Crippen molar-refractivity contribution in [2.75, 3.05) is 0 Å². The lowest BCUT2D eigenvalue weighted by molar-refractivity contribution is -0.0606. The van der Waals surface area contributed by atoms with Crippen molar-refractivity contribution in [1.82, 2.24) is 0 Å². The van der Waals surface area contributed by atoms with Crippen LogP contribution in [0.2, 0.25) is 0 Å². The van der Waals surface area contributed by atoms with Crippen LogP contribution in [-0.2, 0) is 0 Å². The van der Waals surface area contributed by atoms with Gasteiger partial charge in [0.1, 0.15) is 11.9 Å². The van der Waals surface area contributed by atoms with E-state index in [0.717, 1.165) is 16.6 Å². The fraction of sp³-hybridized carbons (Fsp3) is 0.667. The van der Waals surface area contributed by atoms with Gasteiger partial charge in [0.15, 0.2) is 0 Å². The molecule has 1 nitrogen and oxygen atoms in total. The number of halogens is 2. The monoisotopic (exact) mass is 414 g/mol. The Balaban J connectivity index is 1.81. The van der Waals surface area contributed by atoms with E-state index in [0.29, 0.717) is 22.3 Å². The zero-order valence-electron chi connectivity index (χ0n) is 12.9. The van der Waals surface area contributed by atoms with E-state index in [-0.39, 0.29) is 0 Å². The minimum absolute atomic E-state index is 0.388. The van der Waals surface area contributed by atoms with Crippen LogP contribution in [0.25, 0.3) is 0 Å². The number of ether oxygens (including phenoxy) is 1. The molecule has 3 heteroatoms. The van der Waals surface area contributed by atoms with E-state index in [4.69, 9.17) is 4.74 Å². The van der Waals surface area contributed by atoms with Gasteiger partial charge in [-0.1, -0.05) is 65.0 Å². The van der Waals surface area contributed by atoms with Crippen molar-refractivity contribution < 1.29 is 4.74 Å². The fourth-order valence-corrected chi connectivity index (χ4v) is 5.41. The third kappa shape index (κ3) is 2.93. The first kappa shape index (κ1) is 15.9. The van der Waals surface area contributed by atoms with Crippen LogP contribution in [0, 0.1) is 5.41 Å². The molecule has 0 heterocycles. The van der Waals surface area contributed by atoms with E-state index < -0.39 is 0 Å². The van der Waals surface area contributed by atoms with E-state index in [1.165, 1.54) is 37.7 Å². The molecule has 116 valence electrons. The van der Waals surface area contributed by atoms with Crippen molar-refractivity contribution in [2.45, 2.75) is 69.2 Å². The van der Waals surface area contributed by atoms with Gasteiger partial charge in [0.2, 0.25) is 0 Å². The van der Waals surface area contributed by atoms with Gasteiger partial charge in [-0.15, -0.1) is 0 Å². The van der Waals surface area contributed by atoms with Gasteiger partial charge >= 0.3 is 0 Å². The maximum absolute atomic E-state index is 6.51. The lowest BCUT2D eigenvalue weighted by Crippen LogP contribution is -2.57. The highest BCUT2D eigenvalue weighted by Crippen LogP contribution is 2.56. The fourth-order valence-electron chi connectivity index (χ4n) is 3.94. The van der Waals surface area contributed by atoms with Gasteiger partial charge in [0.05, 0.1) is 0 Å². The van der Waals surface area contributed by atoms with Crippen molar-refractivity contribution in [3.63, 3.8) is 0 Å². The van der Waals surface area contributed by atoms with Gasteiger partial charge in [-0.2, -0.15) is 0 Å². The minimum atomic E-state index is 0.388. The molecule has 2 aliphatic carbocycles. The lowest BCUT2D eigenvalue weighted by atomic mass is 9.58. The van der Waals surface area contributed by atoms with E-state index in [1.54, 1.807) is 0 Å². The van der Waals surface area contributed by atoms with Crippen LogP contribution in [0.5, 0.6) is 5.75 Å². The molecular weight excluding hydrogens is 392 g/mol. The Bertz CT molecular complexity index is 506. The Labute approximate surface area is 145 Å². The third-order valence-corrected chi connectivity index (χ3v) is 7.11. The van der Waals surface area contributed by atoms with Crippen molar-refractivity contribution in [1.29, 1.82) is 0 Å². The molecule has 2 aliphatic rings. The van der Waals surface area contributed by atoms with Crippen LogP contribution in [0.3, 0.4) is 0 Å². The summed E-state index contributed by atoms with van der Waals surface area (Å²) >= 11 is 7.48. The van der Waals surface area contributed by atoms with Gasteiger partial charge < -0.3 is 4.74 Å². The largest absolute Gasteiger partial charge is 0.489 e. The predicted octanol–water partition coefficient (Wildman–Crippen LogP) is 6.44. The molecule has 2 unspecified atom stereocenters. The highest BCUT2D eigenvalue weighted by Gasteiger charge is 2.55. The van der Waals surface area contributed by atoms with Crippen LogP contribution >= 0.6 is 31.9 Å². The molecule has 0 saturated heterocycles. The molecule has 0 N–H and O–H groups in total. The van der Waals surface area contributed by atoms with E-state index in [9.17, 15) is 0 Å². The molecule has 0 aromatic heterocycles. The number of rotatable bonds is 3. The van der Waals surface area contributed by atoms with E-state index in [2.05, 4.69) is 63.9 Å². The zero-order valence-corrected chi connectivity index (χ0v) is 16.0. The minimum Gasteiger partial charge on any atom is -0.489 e. The summed E-state index contributed by atoms with van der Waals surface area (Å²) in [5, 5.41) is 0. The Morgan fingerprint density at radius 1 is 1.19 bits per heavy atom. The second-order valence-electron chi connectivity index (χ2n) is 6.94. The molecule has 0 aliphatic heterocycles. The third-order valence-electron chi connectivity index (χ3n) is 5.33. The van der Waals surface area contributed by atoms with E-state index >= 15 is 0 Å². The topological polar surface area (TPSA) is 9.23 Å². The second-order valence-corrected chi connectivity index (χ2v) is 8.96. The normalized spacial score (nSPS) is 27.7. The molecule has 0 radical (unpaired) electrons. The van der Waals surface area contributed by atoms with Crippen molar-refractivity contribution >= 4 is 31.9 Å². The maximum atomic E-state index is 6.51. The summed E-state index contributed by atoms with van der Waals surface area (Å²) in [4.78, 5) is 0.647. The van der Waals surface area contributed by atoms with Crippen molar-refractivity contribution in [3.05, 3.63) is 28.2 Å². The lowest BCUT2D eigenvalue weighted by Gasteiger charge is -2.55. The van der Waals surface area contributed by atoms with E-state index in [1.807, 2.05) is 0 Å². The van der Waals surface area contributed by atoms with Gasteiger partial charge in [0, 0.05) is 14.7 Å². The number of alkyl halides is 1. The Kier molecular flexibility index (Phi) is 4.71. The molecule has 2 saturated carbocycles. The zero-order chi connectivity index (χ0) is 15.0. The molecule has 2 fully saturated rings. The Hall–Kier alpha value is -0.0200. The molecule has 1 aromatic rings. The van der Waals surface area contributed by atoms with Crippen molar-refractivity contribution in [3.8, 4) is 5.75 Å². The Morgan fingerprint density at radius 3 is 2.52 bits per heavy atom. The summed E-state index contributed by atoms with van der Waals surface area (Å²) < 4.78 is 7.65. The van der Waals surface area contributed by atoms with Gasteiger partial charge in [-0.3, -0.25) is 0 Å². The average molecular weight is 416 g/mol. The molecule has 0 bridgehead atoms. The molecule has 21 heavy (non-hydrogen) atoms. The summed E-state index contributed by atoms with van der Waals surface area (Å²) in [7, 11) is 0. The smallest absolute Gasteiger partial charge is 0.123 e. The summed E-state index contributed by atoms with van der Waals surface area (Å²) in [5.74, 6) is 1.57. The van der Waals surface area contributed by atoms with Crippen molar-refractivity contribution in [2.24, 2.45) is 5.41 Å². The number of benzene rings is 1. The van der Waals surface area contributed by atoms with Crippen LogP contribution in [0.1, 0.15) is 63.9 Å². The quantitative estimate of drug-likeness (QED) is 0.516. The summed E-state index contributed by atoms with van der Waals surface area (Å²) in [5.41, 5.74) is 1.70. The van der Waals surface area contributed by atoms with Crippen LogP contribution in [0.4, 0.5) is 0 Å². The average Bonchev–Trinajstić information content (AvgIpc) is 2.49. The first-order chi connectivity index (χ1) is 10.0. The summed E-state index contributed by atoms with van der Waals surface area (Å²) in [6.45, 7) is 4.47. The molecule has 1 aromatic carbocycles. The first-order valence-corrected chi connectivity index (χ1v) is 9.84. The molecule has 2 atom stereocenters. The van der Waals surface area contributed by atoms with Crippen LogP contribution in [-0.4, -0.2) is 10.9 Å². The predicted molar refractivity (Wildman–Crippen MR) is 95.5 cm³/mol. The van der Waals surface area contributed by atoms with Gasteiger partial charge in [-0.25, -0.2) is 0 Å². The van der Waals surface area contributed by atoms with Gasteiger partial charge in [-0.05, 0) is 48.9 Å². The second kappa shape index (κ2) is 6.23. The first-order valence-electron chi connectivity index (χ1n) is 8.13. The SMILES string of the molecule is CC(C)c1cc(Br)ccc1OC1CC(Br)C12CCCCC2. The number of hydrogen-bond donors (Lipinski definition) is 0. The highest BCUT2D eigenvalue weighted by molar-refractivity contribution is 9.10. The highest BCUT2D eigenvalue weighted by atomic mass is 79.9. The number of hydrogen-bond acceptors (Lipinski definition) is 1. The summed E-state index contributed by atoms with van der Waals surface area (Å²) in [6, 6.07) is 6.44. The maximum Gasteiger partial charge on any atom is 0.123 e. The van der Waals surface area contributed by atoms with Crippen LogP contribution < -0.4 is 4.74 Å². The molecular formula is C18H24Br2O. The Morgan fingerprint density at radius 2 is 1.90 bits per heavy atom.